The molecule has 50 heavy (non-hydrogen) atoms. The van der Waals surface area contributed by atoms with Crippen molar-refractivity contribution >= 4 is 32.7 Å². The molecule has 11 heteroatoms. The molecule has 0 unspecified atom stereocenters. The van der Waals surface area contributed by atoms with Crippen LogP contribution in [0.4, 0.5) is 0 Å². The Morgan fingerprint density at radius 3 is 2.46 bits per heavy atom. The molecule has 9 rings (SSSR count). The van der Waals surface area contributed by atoms with Crippen LogP contribution in [0, 0.1) is 23.2 Å². The second-order valence-electron chi connectivity index (χ2n) is 15.9. The largest absolute Gasteiger partial charge is 0.497 e. The van der Waals surface area contributed by atoms with Crippen molar-refractivity contribution in [1.82, 2.24) is 19.5 Å². The van der Waals surface area contributed by atoms with Crippen LogP contribution in [-0.4, -0.2) is 81.5 Å². The van der Waals surface area contributed by atoms with Crippen molar-refractivity contribution in [2.75, 3.05) is 46.5 Å². The number of nitrogens with zero attached hydrogens (tertiary/aromatic N) is 2. The highest BCUT2D eigenvalue weighted by molar-refractivity contribution is 7.90. The van der Waals surface area contributed by atoms with Crippen LogP contribution >= 0.6 is 0 Å². The summed E-state index contributed by atoms with van der Waals surface area (Å²) in [6.07, 6.45) is 7.34. The van der Waals surface area contributed by atoms with Crippen LogP contribution < -0.4 is 14.8 Å². The maximum atomic E-state index is 15.1. The van der Waals surface area contributed by atoms with Crippen molar-refractivity contribution in [3.05, 3.63) is 53.1 Å². The molecular formula is C39H50N4O6S. The zero-order valence-electron chi connectivity index (χ0n) is 29.5. The molecule has 2 aliphatic carbocycles. The van der Waals surface area contributed by atoms with Crippen LogP contribution in [0.15, 0.2) is 36.4 Å². The Morgan fingerprint density at radius 2 is 1.76 bits per heavy atom. The molecule has 268 valence electrons. The predicted octanol–water partition coefficient (Wildman–Crippen LogP) is 5.09. The number of sulfonamides is 1. The van der Waals surface area contributed by atoms with Gasteiger partial charge in [0.25, 0.3) is 5.91 Å². The van der Waals surface area contributed by atoms with Gasteiger partial charge in [0.2, 0.25) is 15.9 Å². The summed E-state index contributed by atoms with van der Waals surface area (Å²) in [5.41, 5.74) is 5.38. The lowest BCUT2D eigenvalue weighted by Crippen LogP contribution is -2.53. The Balaban J connectivity index is 1.30. The van der Waals surface area contributed by atoms with Crippen LogP contribution in [0.2, 0.25) is 0 Å². The third-order valence-corrected chi connectivity index (χ3v) is 13.9. The Labute approximate surface area is 295 Å². The molecule has 5 fully saturated rings. The lowest BCUT2D eigenvalue weighted by molar-refractivity contribution is -0.142. The van der Waals surface area contributed by atoms with Gasteiger partial charge >= 0.3 is 0 Å². The second kappa shape index (κ2) is 13.0. The van der Waals surface area contributed by atoms with Crippen LogP contribution in [0.25, 0.3) is 22.2 Å². The molecule has 2 aromatic carbocycles. The van der Waals surface area contributed by atoms with E-state index in [0.717, 1.165) is 66.7 Å². The predicted molar refractivity (Wildman–Crippen MR) is 193 cm³/mol. The van der Waals surface area contributed by atoms with Crippen molar-refractivity contribution in [3.8, 4) is 17.0 Å². The topological polar surface area (TPSA) is 119 Å². The van der Waals surface area contributed by atoms with Gasteiger partial charge in [0.05, 0.1) is 36.7 Å². The molecule has 1 aromatic heterocycles. The summed E-state index contributed by atoms with van der Waals surface area (Å²) in [5.74, 6) is 1.42. The van der Waals surface area contributed by atoms with E-state index in [9.17, 15) is 13.2 Å². The SMILES string of the molecule is COc1ccc2c(c1)C[C@@H]1C[C@]1(C(=O)N1C[C@@H]3CNC[C@@H](COC3)C1)Cn1c-2c(C2CCCCC2)c2ccc(C(=O)NS(=O)(=O)C(C)C)cc21. The number of carbonyl (C=O) groups is 2. The number of benzene rings is 2. The number of fused-ring (bicyclic) bond motifs is 12. The molecule has 2 amide bonds. The summed E-state index contributed by atoms with van der Waals surface area (Å²) in [6, 6.07) is 12.0. The number of hydrogen-bond donors (Lipinski definition) is 2. The van der Waals surface area contributed by atoms with E-state index in [1.807, 2.05) is 18.2 Å². The van der Waals surface area contributed by atoms with Gasteiger partial charge in [0.15, 0.2) is 0 Å². The molecule has 3 saturated heterocycles. The van der Waals surface area contributed by atoms with Gasteiger partial charge < -0.3 is 24.3 Å². The number of rotatable bonds is 6. The highest BCUT2D eigenvalue weighted by atomic mass is 32.2. The third kappa shape index (κ3) is 5.92. The fourth-order valence-electron chi connectivity index (χ4n) is 9.32. The van der Waals surface area contributed by atoms with Gasteiger partial charge in [0, 0.05) is 66.6 Å². The molecular weight excluding hydrogens is 653 g/mol. The minimum Gasteiger partial charge on any atom is -0.497 e. The van der Waals surface area contributed by atoms with E-state index < -0.39 is 26.6 Å². The molecule has 2 bridgehead atoms. The first-order valence-corrected chi connectivity index (χ1v) is 20.1. The highest BCUT2D eigenvalue weighted by Gasteiger charge is 2.62. The molecule has 4 atom stereocenters. The van der Waals surface area contributed by atoms with E-state index in [1.165, 1.54) is 30.4 Å². The quantitative estimate of drug-likeness (QED) is 0.368. The van der Waals surface area contributed by atoms with Crippen molar-refractivity contribution in [1.29, 1.82) is 0 Å². The van der Waals surface area contributed by atoms with Gasteiger partial charge in [-0.05, 0) is 92.8 Å². The van der Waals surface area contributed by atoms with Crippen LogP contribution in [0.3, 0.4) is 0 Å². The average Bonchev–Trinajstić information content (AvgIpc) is 3.66. The molecule has 5 heterocycles. The van der Waals surface area contributed by atoms with E-state index in [2.05, 4.69) is 31.6 Å². The maximum absolute atomic E-state index is 15.1. The Bertz CT molecular complexity index is 1910. The minimum absolute atomic E-state index is 0.173. The van der Waals surface area contributed by atoms with Crippen LogP contribution in [-0.2, 0) is 32.5 Å². The fraction of sp³-hybridized carbons (Fsp3) is 0.590. The second-order valence-corrected chi connectivity index (χ2v) is 18.1. The van der Waals surface area contributed by atoms with E-state index in [1.54, 1.807) is 27.0 Å². The summed E-state index contributed by atoms with van der Waals surface area (Å²) >= 11 is 0. The number of amides is 2. The summed E-state index contributed by atoms with van der Waals surface area (Å²) in [5, 5.41) is 3.93. The first-order chi connectivity index (χ1) is 24.1. The van der Waals surface area contributed by atoms with Gasteiger partial charge in [0.1, 0.15) is 5.75 Å². The van der Waals surface area contributed by atoms with Gasteiger partial charge in [-0.3, -0.25) is 9.59 Å². The van der Waals surface area contributed by atoms with Gasteiger partial charge in [-0.2, -0.15) is 0 Å². The molecule has 10 nitrogen and oxygen atoms in total. The molecule has 6 aliphatic rings. The Hall–Kier alpha value is -3.41. The fourth-order valence-corrected chi connectivity index (χ4v) is 9.93. The normalized spacial score (nSPS) is 26.9. The number of carbonyl (C=O) groups excluding carboxylic acids is 2. The maximum Gasteiger partial charge on any atom is 0.264 e. The summed E-state index contributed by atoms with van der Waals surface area (Å²) < 4.78 is 41.8. The van der Waals surface area contributed by atoms with E-state index in [0.29, 0.717) is 44.3 Å². The zero-order valence-corrected chi connectivity index (χ0v) is 30.3. The average molecular weight is 703 g/mol. The standard InChI is InChI=1S/C39H50N4O6S/c1-24(2)50(46,47)41-37(44)28-9-11-33-34(15-28)43-23-39(38(45)42-19-25-17-40-18-26(20-42)22-49-21-25)16-30(39)13-29-14-31(48-3)10-12-32(29)36(43)35(33)27-7-5-4-6-8-27/h9-12,14-15,24-27,30,40H,4-8,13,16-23H2,1-3H3,(H,41,44)/t25-,26+,30-,39+/m1/s1. The monoisotopic (exact) mass is 702 g/mol. The molecule has 2 N–H and O–H groups in total. The Kier molecular flexibility index (Phi) is 8.75. The smallest absolute Gasteiger partial charge is 0.264 e. The first kappa shape index (κ1) is 33.7. The van der Waals surface area contributed by atoms with Gasteiger partial charge in [-0.15, -0.1) is 0 Å². The summed E-state index contributed by atoms with van der Waals surface area (Å²) in [4.78, 5) is 30.7. The third-order valence-electron chi connectivity index (χ3n) is 12.2. The van der Waals surface area contributed by atoms with E-state index in [4.69, 9.17) is 9.47 Å². The summed E-state index contributed by atoms with van der Waals surface area (Å²) in [6.45, 7) is 8.01. The van der Waals surface area contributed by atoms with E-state index >= 15 is 4.79 Å². The molecule has 4 aliphatic heterocycles. The lowest BCUT2D eigenvalue weighted by Gasteiger charge is -2.39. The van der Waals surface area contributed by atoms with Crippen molar-refractivity contribution < 1.29 is 27.5 Å². The van der Waals surface area contributed by atoms with Crippen LogP contribution in [0.1, 0.15) is 79.8 Å². The number of ether oxygens (including phenoxy) is 2. The Morgan fingerprint density at radius 1 is 1.02 bits per heavy atom. The number of nitrogens with one attached hydrogen (secondary N) is 2. The van der Waals surface area contributed by atoms with Gasteiger partial charge in [-0.1, -0.05) is 25.3 Å². The lowest BCUT2D eigenvalue weighted by atomic mass is 9.80. The molecule has 2 saturated carbocycles. The van der Waals surface area contributed by atoms with Crippen molar-refractivity contribution in [2.24, 2.45) is 23.2 Å². The number of methoxy groups -OCH3 is 1. The molecule has 0 radical (unpaired) electrons. The van der Waals surface area contributed by atoms with Crippen molar-refractivity contribution in [2.45, 2.75) is 76.5 Å². The molecule has 0 spiro atoms. The minimum atomic E-state index is -3.81. The van der Waals surface area contributed by atoms with E-state index in [-0.39, 0.29) is 23.7 Å². The van der Waals surface area contributed by atoms with Gasteiger partial charge in [-0.25, -0.2) is 13.1 Å². The van der Waals surface area contributed by atoms with Crippen molar-refractivity contribution in [3.63, 3.8) is 0 Å². The highest BCUT2D eigenvalue weighted by Crippen LogP contribution is 2.60. The number of hydrogen-bond acceptors (Lipinski definition) is 7. The molecule has 3 aromatic rings. The number of aromatic nitrogens is 1. The first-order valence-electron chi connectivity index (χ1n) is 18.5. The van der Waals surface area contributed by atoms with Crippen LogP contribution in [0.5, 0.6) is 5.75 Å². The zero-order chi connectivity index (χ0) is 34.8. The summed E-state index contributed by atoms with van der Waals surface area (Å²) in [7, 11) is -2.12.